The van der Waals surface area contributed by atoms with Crippen LogP contribution >= 0.6 is 0 Å². The molecule has 0 radical (unpaired) electrons. The summed E-state index contributed by atoms with van der Waals surface area (Å²) in [5.74, 6) is 1.03. The predicted octanol–water partition coefficient (Wildman–Crippen LogP) is 8.55. The van der Waals surface area contributed by atoms with Crippen LogP contribution in [0.5, 0.6) is 0 Å². The Morgan fingerprint density at radius 2 is 1.74 bits per heavy atom. The van der Waals surface area contributed by atoms with Crippen LogP contribution in [0.1, 0.15) is 105 Å². The van der Waals surface area contributed by atoms with Gasteiger partial charge in [0.05, 0.1) is 11.0 Å². The summed E-state index contributed by atoms with van der Waals surface area (Å²) in [6.45, 7) is 13.0. The molecule has 0 N–H and O–H groups in total. The molecule has 3 aliphatic rings. The standard InChI is InChI=1S/C34H43F2NO2/c1-7-8-9-25(21-38)24-12-10-23(11-13-24)22(2)33(6)31(39)30(26-18-28(35)20-29(36)19-26)37-34(33)16-14-27(15-17-34)32(3,4)5/h10,12,18-20,22,27H,7-9,11,13-17H2,1-6H3. The second kappa shape index (κ2) is 11.1. The number of aliphatic imine (C=N–C) groups is 1. The first-order valence-electron chi connectivity index (χ1n) is 14.6. The lowest BCUT2D eigenvalue weighted by molar-refractivity contribution is -0.126. The van der Waals surface area contributed by atoms with Crippen LogP contribution in [0.4, 0.5) is 8.78 Å². The van der Waals surface area contributed by atoms with Crippen LogP contribution in [-0.4, -0.2) is 23.0 Å². The number of benzene rings is 1. The molecule has 2 unspecified atom stereocenters. The van der Waals surface area contributed by atoms with E-state index in [1.54, 1.807) is 0 Å². The molecule has 1 aromatic rings. The molecule has 39 heavy (non-hydrogen) atoms. The molecular formula is C34H43F2NO2. The van der Waals surface area contributed by atoms with E-state index < -0.39 is 22.6 Å². The average molecular weight is 536 g/mol. The van der Waals surface area contributed by atoms with Crippen molar-refractivity contribution in [2.24, 2.45) is 27.7 Å². The molecule has 210 valence electrons. The van der Waals surface area contributed by atoms with Crippen LogP contribution in [0, 0.1) is 34.3 Å². The monoisotopic (exact) mass is 535 g/mol. The number of hydrogen-bond donors (Lipinski definition) is 0. The van der Waals surface area contributed by atoms with Gasteiger partial charge >= 0.3 is 0 Å². The van der Waals surface area contributed by atoms with Crippen molar-refractivity contribution in [3.63, 3.8) is 0 Å². The molecule has 1 aliphatic heterocycles. The van der Waals surface area contributed by atoms with Crippen molar-refractivity contribution >= 4 is 17.4 Å². The first-order chi connectivity index (χ1) is 18.4. The van der Waals surface area contributed by atoms with Crippen LogP contribution in [0.3, 0.4) is 0 Å². The summed E-state index contributed by atoms with van der Waals surface area (Å²) in [5.41, 5.74) is 2.08. The number of ketones is 1. The summed E-state index contributed by atoms with van der Waals surface area (Å²) in [7, 11) is 0. The Morgan fingerprint density at radius 3 is 2.26 bits per heavy atom. The van der Waals surface area contributed by atoms with Crippen LogP contribution < -0.4 is 0 Å². The molecule has 1 saturated carbocycles. The molecule has 0 aromatic heterocycles. The quantitative estimate of drug-likeness (QED) is 0.328. The normalized spacial score (nSPS) is 28.1. The number of carbonyl (C=O) groups is 1. The van der Waals surface area contributed by atoms with Crippen molar-refractivity contribution in [1.29, 1.82) is 0 Å². The summed E-state index contributed by atoms with van der Waals surface area (Å²) in [6, 6.07) is 3.28. The van der Waals surface area contributed by atoms with Crippen molar-refractivity contribution in [2.75, 3.05) is 0 Å². The minimum Gasteiger partial charge on any atom is -0.292 e. The maximum absolute atomic E-state index is 14.3. The van der Waals surface area contributed by atoms with Gasteiger partial charge < -0.3 is 0 Å². The van der Waals surface area contributed by atoms with Crippen molar-refractivity contribution in [2.45, 2.75) is 105 Å². The Kier molecular flexibility index (Phi) is 8.34. The molecule has 2 aliphatic carbocycles. The van der Waals surface area contributed by atoms with E-state index in [9.17, 15) is 18.4 Å². The second-order valence-electron chi connectivity index (χ2n) is 13.2. The van der Waals surface area contributed by atoms with E-state index in [1.807, 2.05) is 13.0 Å². The topological polar surface area (TPSA) is 46.5 Å². The van der Waals surface area contributed by atoms with Gasteiger partial charge in [-0.2, -0.15) is 0 Å². The van der Waals surface area contributed by atoms with Gasteiger partial charge in [0, 0.05) is 17.2 Å². The largest absolute Gasteiger partial charge is 0.292 e. The number of unbranched alkanes of at least 4 members (excludes halogenated alkanes) is 1. The molecular weight excluding hydrogens is 492 g/mol. The highest BCUT2D eigenvalue weighted by molar-refractivity contribution is 6.49. The molecule has 0 amide bonds. The van der Waals surface area contributed by atoms with Gasteiger partial charge in [0.15, 0.2) is 5.78 Å². The Morgan fingerprint density at radius 1 is 1.10 bits per heavy atom. The fourth-order valence-corrected chi connectivity index (χ4v) is 7.18. The summed E-state index contributed by atoms with van der Waals surface area (Å²) in [4.78, 5) is 31.1. The van der Waals surface area contributed by atoms with Gasteiger partial charge in [-0.1, -0.05) is 58.8 Å². The number of hydrogen-bond acceptors (Lipinski definition) is 3. The number of Topliss-reactive ketones (excluding diaryl/α,β-unsaturated/α-hetero) is 1. The van der Waals surface area contributed by atoms with E-state index in [0.717, 1.165) is 80.6 Å². The molecule has 2 atom stereocenters. The number of halogens is 2. The van der Waals surface area contributed by atoms with Gasteiger partial charge in [-0.25, -0.2) is 13.6 Å². The molecule has 4 rings (SSSR count). The average Bonchev–Trinajstić information content (AvgIpc) is 3.11. The van der Waals surface area contributed by atoms with Crippen molar-refractivity contribution in [1.82, 2.24) is 0 Å². The van der Waals surface area contributed by atoms with Gasteiger partial charge in [-0.05, 0) is 93.2 Å². The van der Waals surface area contributed by atoms with Gasteiger partial charge in [0.1, 0.15) is 23.3 Å². The highest BCUT2D eigenvalue weighted by atomic mass is 19.1. The summed E-state index contributed by atoms with van der Waals surface area (Å²) >= 11 is 0. The number of rotatable bonds is 7. The third-order valence-corrected chi connectivity index (χ3v) is 10.0. The Bertz CT molecular complexity index is 1250. The molecule has 1 heterocycles. The van der Waals surface area contributed by atoms with Crippen molar-refractivity contribution < 1.29 is 18.4 Å². The van der Waals surface area contributed by atoms with E-state index in [2.05, 4.69) is 46.6 Å². The van der Waals surface area contributed by atoms with Crippen LogP contribution in [0.2, 0.25) is 0 Å². The third kappa shape index (κ3) is 5.40. The fourth-order valence-electron chi connectivity index (χ4n) is 7.18. The van der Waals surface area contributed by atoms with Crippen molar-refractivity contribution in [3.05, 3.63) is 64.3 Å². The lowest BCUT2D eigenvalue weighted by Crippen LogP contribution is -2.53. The van der Waals surface area contributed by atoms with Crippen molar-refractivity contribution in [3.8, 4) is 0 Å². The third-order valence-electron chi connectivity index (χ3n) is 10.0. The van der Waals surface area contributed by atoms with Gasteiger partial charge in [0.2, 0.25) is 0 Å². The molecule has 3 nitrogen and oxygen atoms in total. The zero-order chi connectivity index (χ0) is 28.6. The van der Waals surface area contributed by atoms with Gasteiger partial charge in [-0.15, -0.1) is 0 Å². The lowest BCUT2D eigenvalue weighted by atomic mass is 9.54. The van der Waals surface area contributed by atoms with E-state index in [-0.39, 0.29) is 28.4 Å². The summed E-state index contributed by atoms with van der Waals surface area (Å²) < 4.78 is 28.4. The highest BCUT2D eigenvalue weighted by Crippen LogP contribution is 2.58. The van der Waals surface area contributed by atoms with E-state index in [4.69, 9.17) is 4.99 Å². The Labute approximate surface area is 232 Å². The summed E-state index contributed by atoms with van der Waals surface area (Å²) in [5, 5.41) is 0. The smallest absolute Gasteiger partial charge is 0.190 e. The van der Waals surface area contributed by atoms with Crippen LogP contribution in [0.25, 0.3) is 0 Å². The highest BCUT2D eigenvalue weighted by Gasteiger charge is 2.62. The minimum absolute atomic E-state index is 0.118. The van der Waals surface area contributed by atoms with Crippen LogP contribution in [-0.2, 0) is 9.59 Å². The SMILES string of the molecule is CCCCC(=C=O)C1=CC=C(C(C)C2(C)C(=O)C(c3cc(F)cc(F)c3)=NC23CCC(C(C)(C)C)CC3)CC1. The zero-order valence-corrected chi connectivity index (χ0v) is 24.4. The summed E-state index contributed by atoms with van der Waals surface area (Å²) in [6.07, 6.45) is 11.8. The zero-order valence-electron chi connectivity index (χ0n) is 24.4. The van der Waals surface area contributed by atoms with E-state index in [1.165, 1.54) is 12.1 Å². The maximum Gasteiger partial charge on any atom is 0.190 e. The molecule has 1 aromatic carbocycles. The Balaban J connectivity index is 1.73. The number of nitrogens with zero attached hydrogens (tertiary/aromatic N) is 1. The second-order valence-corrected chi connectivity index (χ2v) is 13.2. The van der Waals surface area contributed by atoms with Crippen LogP contribution in [0.15, 0.2) is 52.1 Å². The van der Waals surface area contributed by atoms with Gasteiger partial charge in [-0.3, -0.25) is 9.79 Å². The maximum atomic E-state index is 14.3. The predicted molar refractivity (Wildman–Crippen MR) is 153 cm³/mol. The minimum atomic E-state index is -0.837. The first-order valence-corrected chi connectivity index (χ1v) is 14.6. The fraction of sp³-hybridized carbons (Fsp3) is 0.588. The first kappa shape index (κ1) is 29.3. The van der Waals surface area contributed by atoms with E-state index in [0.29, 0.717) is 5.92 Å². The number of carbonyl (C=O) groups excluding carboxylic acids is 2. The van der Waals surface area contributed by atoms with E-state index >= 15 is 0 Å². The molecule has 0 bridgehead atoms. The Hall–Kier alpha value is -2.65. The molecule has 5 heteroatoms. The molecule has 0 saturated heterocycles. The number of allylic oxidation sites excluding steroid dienone is 5. The van der Waals surface area contributed by atoms with Gasteiger partial charge in [0.25, 0.3) is 0 Å². The molecule has 1 fully saturated rings. The molecule has 1 spiro atoms. The lowest BCUT2D eigenvalue weighted by Gasteiger charge is -2.50.